The number of esters is 1. The van der Waals surface area contributed by atoms with Crippen LogP contribution in [0.4, 0.5) is 0 Å². The van der Waals surface area contributed by atoms with Crippen LogP contribution in [-0.4, -0.2) is 41.3 Å². The molecule has 0 aromatic rings. The molecule has 0 radical (unpaired) electrons. The maximum atomic E-state index is 13.8. The first kappa shape index (κ1) is 28.3. The lowest BCUT2D eigenvalue weighted by Gasteiger charge is -2.71. The Morgan fingerprint density at radius 2 is 1.66 bits per heavy atom. The number of hydrogen-bond donors (Lipinski definition) is 2. The lowest BCUT2D eigenvalue weighted by atomic mass is 9.33. The first-order chi connectivity index (χ1) is 17.7. The van der Waals surface area contributed by atoms with E-state index in [-0.39, 0.29) is 46.3 Å². The van der Waals surface area contributed by atoms with Gasteiger partial charge in [0, 0.05) is 0 Å². The van der Waals surface area contributed by atoms with E-state index in [2.05, 4.69) is 54.5 Å². The van der Waals surface area contributed by atoms with E-state index in [1.165, 1.54) is 12.0 Å². The van der Waals surface area contributed by atoms with Gasteiger partial charge in [-0.2, -0.15) is 0 Å². The molecule has 5 heteroatoms. The second-order valence-electron chi connectivity index (χ2n) is 15.5. The summed E-state index contributed by atoms with van der Waals surface area (Å²) in [5, 5.41) is 20.1. The van der Waals surface area contributed by atoms with Gasteiger partial charge in [-0.3, -0.25) is 9.59 Å². The summed E-state index contributed by atoms with van der Waals surface area (Å²) in [6.07, 6.45) is 11.3. The van der Waals surface area contributed by atoms with Gasteiger partial charge in [-0.1, -0.05) is 60.1 Å². The second-order valence-corrected chi connectivity index (χ2v) is 15.5. The van der Waals surface area contributed by atoms with Crippen molar-refractivity contribution in [1.82, 2.24) is 0 Å². The number of carbonyl (C=O) groups excluding carboxylic acids is 2. The third kappa shape index (κ3) is 3.62. The molecule has 4 fully saturated rings. The summed E-state index contributed by atoms with van der Waals surface area (Å²) < 4.78 is 5.64. The van der Waals surface area contributed by atoms with Crippen LogP contribution in [0.1, 0.15) is 106 Å². The van der Waals surface area contributed by atoms with Crippen LogP contribution in [0.3, 0.4) is 0 Å². The van der Waals surface area contributed by atoms with Gasteiger partial charge >= 0.3 is 5.97 Å². The molecule has 4 saturated carbocycles. The molecule has 5 rings (SSSR count). The van der Waals surface area contributed by atoms with Crippen molar-refractivity contribution in [2.75, 3.05) is 13.2 Å². The zero-order chi connectivity index (χ0) is 27.9. The van der Waals surface area contributed by atoms with Crippen LogP contribution in [-0.2, 0) is 14.3 Å². The van der Waals surface area contributed by atoms with Crippen molar-refractivity contribution in [2.45, 2.75) is 112 Å². The van der Waals surface area contributed by atoms with Gasteiger partial charge in [-0.15, -0.1) is 0 Å². The van der Waals surface area contributed by atoms with Crippen molar-refractivity contribution >= 4 is 11.8 Å². The number of allylic oxidation sites excluding steroid dienone is 2. The molecular formula is C33H52O5. The van der Waals surface area contributed by atoms with Crippen LogP contribution in [0.5, 0.6) is 0 Å². The number of hydrogen-bond acceptors (Lipinski definition) is 5. The number of ketones is 1. The van der Waals surface area contributed by atoms with Gasteiger partial charge < -0.3 is 14.9 Å². The molecule has 2 N–H and O–H groups in total. The summed E-state index contributed by atoms with van der Waals surface area (Å²) in [6.45, 7) is 15.9. The summed E-state index contributed by atoms with van der Waals surface area (Å²) in [5.74, 6) is 1.45. The van der Waals surface area contributed by atoms with Gasteiger partial charge in [-0.25, -0.2) is 0 Å². The fourth-order valence-corrected chi connectivity index (χ4v) is 11.2. The lowest BCUT2D eigenvalue weighted by molar-refractivity contribution is -0.207. The molecule has 10 atom stereocenters. The van der Waals surface area contributed by atoms with Crippen LogP contribution >= 0.6 is 0 Å². The predicted octanol–water partition coefficient (Wildman–Crippen LogP) is 6.11. The summed E-state index contributed by atoms with van der Waals surface area (Å²) in [4.78, 5) is 25.6. The molecule has 214 valence electrons. The number of aliphatic hydroxyl groups is 2. The summed E-state index contributed by atoms with van der Waals surface area (Å²) in [5.41, 5.74) is 1.21. The Morgan fingerprint density at radius 3 is 2.34 bits per heavy atom. The number of ether oxygens (including phenoxy) is 1. The zero-order valence-electron chi connectivity index (χ0n) is 24.9. The molecule has 0 aromatic carbocycles. The van der Waals surface area contributed by atoms with Crippen molar-refractivity contribution in [3.8, 4) is 0 Å². The van der Waals surface area contributed by atoms with E-state index in [1.807, 2.05) is 0 Å². The minimum Gasteiger partial charge on any atom is -0.457 e. The van der Waals surface area contributed by atoms with Crippen LogP contribution < -0.4 is 0 Å². The topological polar surface area (TPSA) is 83.8 Å². The molecule has 5 aliphatic carbocycles. The Morgan fingerprint density at radius 1 is 0.947 bits per heavy atom. The zero-order valence-corrected chi connectivity index (χ0v) is 24.9. The maximum absolute atomic E-state index is 13.8. The third-order valence-electron chi connectivity index (χ3n) is 13.9. The molecular weight excluding hydrogens is 476 g/mol. The van der Waals surface area contributed by atoms with Gasteiger partial charge in [0.25, 0.3) is 0 Å². The monoisotopic (exact) mass is 528 g/mol. The fourth-order valence-electron chi connectivity index (χ4n) is 11.2. The highest BCUT2D eigenvalue weighted by molar-refractivity contribution is 5.85. The Bertz CT molecular complexity index is 1010. The predicted molar refractivity (Wildman–Crippen MR) is 148 cm³/mol. The fraction of sp³-hybridized carbons (Fsp3) is 0.879. The van der Waals surface area contributed by atoms with Crippen molar-refractivity contribution in [1.29, 1.82) is 0 Å². The molecule has 0 aliphatic heterocycles. The molecule has 0 saturated heterocycles. The van der Waals surface area contributed by atoms with Gasteiger partial charge in [0.2, 0.25) is 0 Å². The Hall–Kier alpha value is -1.20. The van der Waals surface area contributed by atoms with E-state index in [1.54, 1.807) is 0 Å². The number of fused-ring (bicyclic) bond motifs is 7. The van der Waals surface area contributed by atoms with E-state index in [4.69, 9.17) is 4.74 Å². The first-order valence-electron chi connectivity index (χ1n) is 15.4. The van der Waals surface area contributed by atoms with Crippen molar-refractivity contribution in [3.63, 3.8) is 0 Å². The van der Waals surface area contributed by atoms with Crippen molar-refractivity contribution in [2.24, 2.45) is 56.7 Å². The Kier molecular flexibility index (Phi) is 6.83. The smallest absolute Gasteiger partial charge is 0.313 e. The van der Waals surface area contributed by atoms with E-state index in [9.17, 15) is 19.8 Å². The largest absolute Gasteiger partial charge is 0.457 e. The van der Waals surface area contributed by atoms with Gasteiger partial charge in [0.15, 0.2) is 12.4 Å². The first-order valence-corrected chi connectivity index (χ1v) is 15.4. The minimum absolute atomic E-state index is 0.0186. The van der Waals surface area contributed by atoms with E-state index in [0.717, 1.165) is 51.4 Å². The minimum atomic E-state index is -0.590. The van der Waals surface area contributed by atoms with E-state index in [0.29, 0.717) is 23.7 Å². The summed E-state index contributed by atoms with van der Waals surface area (Å²) >= 11 is 0. The van der Waals surface area contributed by atoms with E-state index >= 15 is 0 Å². The second kappa shape index (κ2) is 9.16. The standard InChI is InChI=1S/C33H52O5/c1-20-10-15-33(28(37)38-19-22(35)18-34)17-16-31(6)23(27(33)21(20)2)8-9-25-30(5)13-12-26(36)29(3,4)24(30)11-14-32(25,31)7/h8,20-21,24-27,34,36H,9-19H2,1-7H3/t20-,21+,24+,25-,26+,27+,30+,31-,32-,33+/m1/s1. The Balaban J connectivity index is 1.55. The number of aliphatic hydroxyl groups excluding tert-OH is 2. The quantitative estimate of drug-likeness (QED) is 0.340. The van der Waals surface area contributed by atoms with Gasteiger partial charge in [0.05, 0.1) is 11.5 Å². The van der Waals surface area contributed by atoms with Crippen molar-refractivity contribution in [3.05, 3.63) is 11.6 Å². The lowest BCUT2D eigenvalue weighted by Crippen LogP contribution is -2.65. The molecule has 5 aliphatic rings. The third-order valence-corrected chi connectivity index (χ3v) is 13.9. The van der Waals surface area contributed by atoms with Gasteiger partial charge in [0.1, 0.15) is 6.61 Å². The normalized spacial score (nSPS) is 49.4. The molecule has 0 unspecified atom stereocenters. The van der Waals surface area contributed by atoms with Crippen LogP contribution in [0.2, 0.25) is 0 Å². The Labute approximate surface area is 230 Å². The van der Waals surface area contributed by atoms with Gasteiger partial charge in [-0.05, 0) is 109 Å². The van der Waals surface area contributed by atoms with Crippen LogP contribution in [0, 0.1) is 56.7 Å². The van der Waals surface area contributed by atoms with Crippen LogP contribution in [0.25, 0.3) is 0 Å². The average molecular weight is 529 g/mol. The van der Waals surface area contributed by atoms with E-state index < -0.39 is 17.8 Å². The summed E-state index contributed by atoms with van der Waals surface area (Å²) in [7, 11) is 0. The summed E-state index contributed by atoms with van der Waals surface area (Å²) in [6, 6.07) is 0. The molecule has 0 spiro atoms. The van der Waals surface area contributed by atoms with Crippen LogP contribution in [0.15, 0.2) is 11.6 Å². The highest BCUT2D eigenvalue weighted by atomic mass is 16.5. The molecule has 0 aromatic heterocycles. The molecule has 0 heterocycles. The number of Topliss-reactive ketones (excluding diaryl/α,β-unsaturated/α-hetero) is 1. The maximum Gasteiger partial charge on any atom is 0.313 e. The highest BCUT2D eigenvalue weighted by Gasteiger charge is 2.69. The molecule has 38 heavy (non-hydrogen) atoms. The molecule has 0 amide bonds. The number of carbonyl (C=O) groups is 2. The van der Waals surface area contributed by atoms with Crippen molar-refractivity contribution < 1.29 is 24.5 Å². The number of rotatable bonds is 4. The highest BCUT2D eigenvalue weighted by Crippen LogP contribution is 2.75. The average Bonchev–Trinajstić information content (AvgIpc) is 2.87. The SMILES string of the molecule is C[C@H]1[C@H](C)CC[C@]2(C(=O)OCC(=O)CO)CC[C@]3(C)C(=CC[C@@H]4[C@@]5(C)CC[C@H](O)C(C)(C)[C@@H]5CC[C@]43C)[C@H]12. The molecule has 0 bridgehead atoms. The molecule has 5 nitrogen and oxygen atoms in total.